The van der Waals surface area contributed by atoms with E-state index in [2.05, 4.69) is 29.0 Å². The average molecular weight is 282 g/mol. The van der Waals surface area contributed by atoms with Gasteiger partial charge in [-0.15, -0.1) is 0 Å². The number of imidazole rings is 1. The number of fused-ring (bicyclic) bond motifs is 1. The fourth-order valence-corrected chi connectivity index (χ4v) is 2.44. The number of methoxy groups -OCH3 is 2. The molecule has 1 aromatic heterocycles. The summed E-state index contributed by atoms with van der Waals surface area (Å²) < 4.78 is 10.6. The van der Waals surface area contributed by atoms with E-state index >= 15 is 0 Å². The Morgan fingerprint density at radius 2 is 1.81 bits per heavy atom. The van der Waals surface area contributed by atoms with Gasteiger partial charge >= 0.3 is 0 Å². The SMILES string of the molecule is COc1ccc(Cc2nc3ccc(C)cc3[nH]2)cc1OC. The van der Waals surface area contributed by atoms with Crippen molar-refractivity contribution >= 4 is 11.0 Å². The Labute approximate surface area is 123 Å². The van der Waals surface area contributed by atoms with Crippen molar-refractivity contribution in [3.8, 4) is 11.5 Å². The normalized spacial score (nSPS) is 10.8. The molecular weight excluding hydrogens is 264 g/mol. The Kier molecular flexibility index (Phi) is 3.52. The molecule has 3 aromatic rings. The van der Waals surface area contributed by atoms with Gasteiger partial charge in [0.1, 0.15) is 5.82 Å². The topological polar surface area (TPSA) is 47.1 Å². The summed E-state index contributed by atoms with van der Waals surface area (Å²) in [5, 5.41) is 0. The van der Waals surface area contributed by atoms with Gasteiger partial charge in [0.15, 0.2) is 11.5 Å². The summed E-state index contributed by atoms with van der Waals surface area (Å²) in [6.07, 6.45) is 0.730. The molecule has 21 heavy (non-hydrogen) atoms. The molecule has 0 amide bonds. The summed E-state index contributed by atoms with van der Waals surface area (Å²) in [5.41, 5.74) is 4.42. The number of hydrogen-bond donors (Lipinski definition) is 1. The molecular formula is C17H18N2O2. The van der Waals surface area contributed by atoms with Gasteiger partial charge in [-0.3, -0.25) is 0 Å². The number of aromatic nitrogens is 2. The van der Waals surface area contributed by atoms with Crippen LogP contribution in [0.2, 0.25) is 0 Å². The summed E-state index contributed by atoms with van der Waals surface area (Å²) in [7, 11) is 3.28. The summed E-state index contributed by atoms with van der Waals surface area (Å²) in [6.45, 7) is 2.08. The Morgan fingerprint density at radius 1 is 1.00 bits per heavy atom. The van der Waals surface area contributed by atoms with Crippen molar-refractivity contribution in [1.82, 2.24) is 9.97 Å². The third-order valence-electron chi connectivity index (χ3n) is 3.51. The van der Waals surface area contributed by atoms with Gasteiger partial charge in [0, 0.05) is 6.42 Å². The molecule has 0 unspecified atom stereocenters. The molecule has 0 spiro atoms. The minimum atomic E-state index is 0.730. The molecule has 0 fully saturated rings. The zero-order valence-electron chi connectivity index (χ0n) is 12.4. The monoisotopic (exact) mass is 282 g/mol. The number of ether oxygens (including phenoxy) is 2. The van der Waals surface area contributed by atoms with Gasteiger partial charge in [0.25, 0.3) is 0 Å². The summed E-state index contributed by atoms with van der Waals surface area (Å²) >= 11 is 0. The molecule has 4 heteroatoms. The number of nitrogens with zero attached hydrogens (tertiary/aromatic N) is 1. The summed E-state index contributed by atoms with van der Waals surface area (Å²) in [6, 6.07) is 12.2. The van der Waals surface area contributed by atoms with E-state index in [1.807, 2.05) is 24.3 Å². The first-order chi connectivity index (χ1) is 10.2. The zero-order valence-corrected chi connectivity index (χ0v) is 12.4. The number of aromatic amines is 1. The van der Waals surface area contributed by atoms with Gasteiger partial charge in [-0.1, -0.05) is 12.1 Å². The summed E-state index contributed by atoms with van der Waals surface area (Å²) in [4.78, 5) is 7.99. The molecule has 0 saturated heterocycles. The van der Waals surface area contributed by atoms with E-state index in [1.165, 1.54) is 5.56 Å². The van der Waals surface area contributed by atoms with Crippen LogP contribution in [0.4, 0.5) is 0 Å². The first-order valence-corrected chi connectivity index (χ1v) is 6.86. The Bertz CT molecular complexity index is 778. The summed E-state index contributed by atoms with van der Waals surface area (Å²) in [5.74, 6) is 2.42. The highest BCUT2D eigenvalue weighted by atomic mass is 16.5. The van der Waals surface area contributed by atoms with Crippen molar-refractivity contribution in [3.05, 3.63) is 53.3 Å². The van der Waals surface area contributed by atoms with Crippen LogP contribution in [0.15, 0.2) is 36.4 Å². The smallest absolute Gasteiger partial charge is 0.161 e. The highest BCUT2D eigenvalue weighted by Crippen LogP contribution is 2.28. The van der Waals surface area contributed by atoms with Crippen LogP contribution in [-0.4, -0.2) is 24.2 Å². The molecule has 0 saturated carbocycles. The molecule has 0 aliphatic carbocycles. The average Bonchev–Trinajstić information content (AvgIpc) is 2.88. The fourth-order valence-electron chi connectivity index (χ4n) is 2.44. The first-order valence-electron chi connectivity index (χ1n) is 6.86. The van der Waals surface area contributed by atoms with Crippen molar-refractivity contribution in [2.75, 3.05) is 14.2 Å². The molecule has 0 radical (unpaired) electrons. The zero-order chi connectivity index (χ0) is 14.8. The van der Waals surface area contributed by atoms with Crippen LogP contribution in [0.3, 0.4) is 0 Å². The lowest BCUT2D eigenvalue weighted by Gasteiger charge is -2.08. The Balaban J connectivity index is 1.91. The van der Waals surface area contributed by atoms with Gasteiger partial charge < -0.3 is 14.5 Å². The highest BCUT2D eigenvalue weighted by molar-refractivity contribution is 5.75. The second-order valence-electron chi connectivity index (χ2n) is 5.07. The van der Waals surface area contributed by atoms with E-state index in [0.717, 1.165) is 40.3 Å². The van der Waals surface area contributed by atoms with Crippen LogP contribution in [0.25, 0.3) is 11.0 Å². The maximum atomic E-state index is 5.33. The second kappa shape index (κ2) is 5.48. The van der Waals surface area contributed by atoms with Crippen LogP contribution in [0.1, 0.15) is 17.0 Å². The van der Waals surface area contributed by atoms with Crippen LogP contribution in [0.5, 0.6) is 11.5 Å². The van der Waals surface area contributed by atoms with E-state index in [9.17, 15) is 0 Å². The lowest BCUT2D eigenvalue weighted by molar-refractivity contribution is 0.354. The maximum absolute atomic E-state index is 5.33. The number of rotatable bonds is 4. The number of benzene rings is 2. The predicted octanol–water partition coefficient (Wildman–Crippen LogP) is 3.48. The molecule has 0 bridgehead atoms. The third-order valence-corrected chi connectivity index (χ3v) is 3.51. The number of nitrogens with one attached hydrogen (secondary N) is 1. The van der Waals surface area contributed by atoms with E-state index in [0.29, 0.717) is 0 Å². The molecule has 108 valence electrons. The highest BCUT2D eigenvalue weighted by Gasteiger charge is 2.08. The lowest BCUT2D eigenvalue weighted by Crippen LogP contribution is -1.94. The molecule has 1 heterocycles. The van der Waals surface area contributed by atoms with Crippen molar-refractivity contribution in [1.29, 1.82) is 0 Å². The minimum Gasteiger partial charge on any atom is -0.493 e. The largest absolute Gasteiger partial charge is 0.493 e. The van der Waals surface area contributed by atoms with Gasteiger partial charge in [-0.25, -0.2) is 4.98 Å². The molecule has 0 aliphatic heterocycles. The van der Waals surface area contributed by atoms with E-state index in [-0.39, 0.29) is 0 Å². The van der Waals surface area contributed by atoms with Gasteiger partial charge in [0.2, 0.25) is 0 Å². The number of H-pyrrole nitrogens is 1. The van der Waals surface area contributed by atoms with Gasteiger partial charge in [-0.05, 0) is 42.3 Å². The number of aryl methyl sites for hydroxylation is 1. The quantitative estimate of drug-likeness (QED) is 0.797. The minimum absolute atomic E-state index is 0.730. The standard InChI is InChI=1S/C17H18N2O2/c1-11-4-6-13-14(8-11)19-17(18-13)10-12-5-7-15(20-2)16(9-12)21-3/h4-9H,10H2,1-3H3,(H,18,19). The molecule has 4 nitrogen and oxygen atoms in total. The van der Waals surface area contributed by atoms with E-state index in [1.54, 1.807) is 14.2 Å². The van der Waals surface area contributed by atoms with Crippen molar-refractivity contribution in [2.24, 2.45) is 0 Å². The molecule has 2 aromatic carbocycles. The lowest BCUT2D eigenvalue weighted by atomic mass is 10.1. The van der Waals surface area contributed by atoms with Crippen LogP contribution >= 0.6 is 0 Å². The van der Waals surface area contributed by atoms with Gasteiger partial charge in [-0.2, -0.15) is 0 Å². The Hall–Kier alpha value is -2.49. The molecule has 3 rings (SSSR count). The Morgan fingerprint density at radius 3 is 2.57 bits per heavy atom. The van der Waals surface area contributed by atoms with E-state index in [4.69, 9.17) is 9.47 Å². The fraction of sp³-hybridized carbons (Fsp3) is 0.235. The third kappa shape index (κ3) is 2.70. The molecule has 0 aliphatic rings. The molecule has 1 N–H and O–H groups in total. The van der Waals surface area contributed by atoms with Crippen LogP contribution in [-0.2, 0) is 6.42 Å². The second-order valence-corrected chi connectivity index (χ2v) is 5.07. The maximum Gasteiger partial charge on any atom is 0.161 e. The van der Waals surface area contributed by atoms with E-state index < -0.39 is 0 Å². The first kappa shape index (κ1) is 13.5. The predicted molar refractivity (Wildman–Crippen MR) is 83.2 cm³/mol. The van der Waals surface area contributed by atoms with Crippen molar-refractivity contribution < 1.29 is 9.47 Å². The van der Waals surface area contributed by atoms with Crippen molar-refractivity contribution in [2.45, 2.75) is 13.3 Å². The van der Waals surface area contributed by atoms with Crippen LogP contribution < -0.4 is 9.47 Å². The number of hydrogen-bond acceptors (Lipinski definition) is 3. The molecule has 0 atom stereocenters. The van der Waals surface area contributed by atoms with Crippen LogP contribution in [0, 0.1) is 6.92 Å². The van der Waals surface area contributed by atoms with Gasteiger partial charge in [0.05, 0.1) is 25.3 Å². The van der Waals surface area contributed by atoms with Crippen molar-refractivity contribution in [3.63, 3.8) is 0 Å².